The third-order valence-electron chi connectivity index (χ3n) is 2.69. The molecular formula is C14H18N2O2. The van der Waals surface area contributed by atoms with Crippen LogP contribution in [0.5, 0.6) is 5.75 Å². The van der Waals surface area contributed by atoms with E-state index in [1.165, 1.54) is 5.56 Å². The summed E-state index contributed by atoms with van der Waals surface area (Å²) in [5.74, 6) is 1.77. The van der Waals surface area contributed by atoms with Crippen LogP contribution in [0.2, 0.25) is 0 Å². The molecule has 2 rings (SSSR count). The van der Waals surface area contributed by atoms with Gasteiger partial charge in [-0.3, -0.25) is 4.90 Å². The van der Waals surface area contributed by atoms with Crippen LogP contribution in [0.15, 0.2) is 34.9 Å². The van der Waals surface area contributed by atoms with Crippen molar-refractivity contribution in [3.05, 3.63) is 47.3 Å². The van der Waals surface area contributed by atoms with Gasteiger partial charge in [0, 0.05) is 12.6 Å². The maximum Gasteiger partial charge on any atom is 0.150 e. The Morgan fingerprint density at radius 2 is 2.11 bits per heavy atom. The van der Waals surface area contributed by atoms with E-state index in [4.69, 9.17) is 9.26 Å². The number of rotatable bonds is 5. The SMILES string of the molecule is COc1cccc(CN(C)Cc2cc(C)no2)c1. The second-order valence-corrected chi connectivity index (χ2v) is 4.46. The molecule has 0 aliphatic rings. The van der Waals surface area contributed by atoms with Gasteiger partial charge in [-0.1, -0.05) is 17.3 Å². The lowest BCUT2D eigenvalue weighted by molar-refractivity contribution is 0.265. The molecule has 0 spiro atoms. The van der Waals surface area contributed by atoms with Crippen LogP contribution < -0.4 is 4.74 Å². The van der Waals surface area contributed by atoms with Crippen molar-refractivity contribution in [2.75, 3.05) is 14.2 Å². The van der Waals surface area contributed by atoms with E-state index in [1.54, 1.807) is 7.11 Å². The zero-order chi connectivity index (χ0) is 13.0. The fraction of sp³-hybridized carbons (Fsp3) is 0.357. The number of aryl methyl sites for hydroxylation is 1. The number of aromatic nitrogens is 1. The summed E-state index contributed by atoms with van der Waals surface area (Å²) in [4.78, 5) is 2.18. The van der Waals surface area contributed by atoms with Gasteiger partial charge in [-0.05, 0) is 31.7 Å². The molecular weight excluding hydrogens is 228 g/mol. The van der Waals surface area contributed by atoms with Crippen molar-refractivity contribution >= 4 is 0 Å². The first-order chi connectivity index (χ1) is 8.67. The first-order valence-corrected chi connectivity index (χ1v) is 5.91. The highest BCUT2D eigenvalue weighted by Crippen LogP contribution is 2.15. The van der Waals surface area contributed by atoms with Gasteiger partial charge in [0.25, 0.3) is 0 Å². The molecule has 1 heterocycles. The van der Waals surface area contributed by atoms with Crippen LogP contribution >= 0.6 is 0 Å². The minimum Gasteiger partial charge on any atom is -0.497 e. The number of hydrogen-bond donors (Lipinski definition) is 0. The molecule has 96 valence electrons. The van der Waals surface area contributed by atoms with Crippen LogP contribution in [-0.2, 0) is 13.1 Å². The molecule has 0 fully saturated rings. The van der Waals surface area contributed by atoms with E-state index in [0.717, 1.165) is 30.3 Å². The Kier molecular flexibility index (Phi) is 3.99. The summed E-state index contributed by atoms with van der Waals surface area (Å²) in [6.45, 7) is 3.52. The maximum absolute atomic E-state index is 5.21. The molecule has 1 aromatic carbocycles. The molecule has 0 aliphatic carbocycles. The van der Waals surface area contributed by atoms with E-state index >= 15 is 0 Å². The van der Waals surface area contributed by atoms with Gasteiger partial charge in [0.05, 0.1) is 19.3 Å². The second kappa shape index (κ2) is 5.69. The number of nitrogens with zero attached hydrogens (tertiary/aromatic N) is 2. The van der Waals surface area contributed by atoms with Crippen molar-refractivity contribution in [1.29, 1.82) is 0 Å². The van der Waals surface area contributed by atoms with Gasteiger partial charge in [-0.2, -0.15) is 0 Å². The molecule has 4 nitrogen and oxygen atoms in total. The molecule has 1 aromatic heterocycles. The van der Waals surface area contributed by atoms with Crippen molar-refractivity contribution in [2.24, 2.45) is 0 Å². The Labute approximate surface area is 107 Å². The maximum atomic E-state index is 5.21. The Hall–Kier alpha value is -1.81. The van der Waals surface area contributed by atoms with Crippen LogP contribution in [0, 0.1) is 6.92 Å². The summed E-state index contributed by atoms with van der Waals surface area (Å²) in [5.41, 5.74) is 2.13. The normalized spacial score (nSPS) is 10.9. The third kappa shape index (κ3) is 3.34. The Morgan fingerprint density at radius 3 is 2.78 bits per heavy atom. The number of hydrogen-bond acceptors (Lipinski definition) is 4. The Morgan fingerprint density at radius 1 is 1.28 bits per heavy atom. The van der Waals surface area contributed by atoms with Gasteiger partial charge in [0.2, 0.25) is 0 Å². The van der Waals surface area contributed by atoms with E-state index in [2.05, 4.69) is 23.2 Å². The summed E-state index contributed by atoms with van der Waals surface area (Å²) < 4.78 is 10.4. The monoisotopic (exact) mass is 246 g/mol. The molecule has 0 unspecified atom stereocenters. The van der Waals surface area contributed by atoms with Crippen molar-refractivity contribution in [3.8, 4) is 5.75 Å². The van der Waals surface area contributed by atoms with E-state index in [9.17, 15) is 0 Å². The van der Waals surface area contributed by atoms with Crippen molar-refractivity contribution in [3.63, 3.8) is 0 Å². The summed E-state index contributed by atoms with van der Waals surface area (Å²) in [5, 5.41) is 3.88. The minimum atomic E-state index is 0.748. The molecule has 0 aliphatic heterocycles. The van der Waals surface area contributed by atoms with Crippen LogP contribution in [-0.4, -0.2) is 24.2 Å². The van der Waals surface area contributed by atoms with Crippen molar-refractivity contribution < 1.29 is 9.26 Å². The third-order valence-corrected chi connectivity index (χ3v) is 2.69. The highest BCUT2D eigenvalue weighted by Gasteiger charge is 2.06. The van der Waals surface area contributed by atoms with Gasteiger partial charge in [0.15, 0.2) is 5.76 Å². The summed E-state index contributed by atoms with van der Waals surface area (Å²) >= 11 is 0. The smallest absolute Gasteiger partial charge is 0.150 e. The van der Waals surface area contributed by atoms with Gasteiger partial charge in [-0.25, -0.2) is 0 Å². The number of methoxy groups -OCH3 is 1. The number of ether oxygens (including phenoxy) is 1. The predicted molar refractivity (Wildman–Crippen MR) is 69.4 cm³/mol. The molecule has 0 N–H and O–H groups in total. The summed E-state index contributed by atoms with van der Waals surface area (Å²) in [7, 11) is 3.73. The average molecular weight is 246 g/mol. The van der Waals surface area contributed by atoms with Crippen LogP contribution in [0.25, 0.3) is 0 Å². The van der Waals surface area contributed by atoms with Gasteiger partial charge >= 0.3 is 0 Å². The molecule has 18 heavy (non-hydrogen) atoms. The molecule has 0 amide bonds. The first-order valence-electron chi connectivity index (χ1n) is 5.91. The molecule has 0 radical (unpaired) electrons. The molecule has 4 heteroatoms. The summed E-state index contributed by atoms with van der Waals surface area (Å²) in [6.07, 6.45) is 0. The topological polar surface area (TPSA) is 38.5 Å². The van der Waals surface area contributed by atoms with Crippen molar-refractivity contribution in [1.82, 2.24) is 10.1 Å². The van der Waals surface area contributed by atoms with E-state index in [1.807, 2.05) is 31.2 Å². The first kappa shape index (κ1) is 12.6. The zero-order valence-corrected chi connectivity index (χ0v) is 11.0. The Bertz CT molecular complexity index is 508. The van der Waals surface area contributed by atoms with E-state index in [-0.39, 0.29) is 0 Å². The second-order valence-electron chi connectivity index (χ2n) is 4.46. The quantitative estimate of drug-likeness (QED) is 0.813. The highest BCUT2D eigenvalue weighted by molar-refractivity contribution is 5.28. The molecule has 0 atom stereocenters. The van der Waals surface area contributed by atoms with Crippen LogP contribution in [0.1, 0.15) is 17.0 Å². The zero-order valence-electron chi connectivity index (χ0n) is 11.0. The van der Waals surface area contributed by atoms with E-state index < -0.39 is 0 Å². The minimum absolute atomic E-state index is 0.748. The molecule has 2 aromatic rings. The summed E-state index contributed by atoms with van der Waals surface area (Å²) in [6, 6.07) is 10.0. The Balaban J connectivity index is 1.96. The molecule has 0 bridgehead atoms. The largest absolute Gasteiger partial charge is 0.497 e. The molecule has 0 saturated heterocycles. The number of benzene rings is 1. The fourth-order valence-corrected chi connectivity index (χ4v) is 1.90. The highest BCUT2D eigenvalue weighted by atomic mass is 16.5. The van der Waals surface area contributed by atoms with Crippen molar-refractivity contribution in [2.45, 2.75) is 20.0 Å². The van der Waals surface area contributed by atoms with Gasteiger partial charge < -0.3 is 9.26 Å². The van der Waals surface area contributed by atoms with E-state index in [0.29, 0.717) is 0 Å². The lowest BCUT2D eigenvalue weighted by atomic mass is 10.2. The lowest BCUT2D eigenvalue weighted by Gasteiger charge is -2.15. The fourth-order valence-electron chi connectivity index (χ4n) is 1.90. The van der Waals surface area contributed by atoms with Gasteiger partial charge in [-0.15, -0.1) is 0 Å². The van der Waals surface area contributed by atoms with Crippen LogP contribution in [0.3, 0.4) is 0 Å². The molecule has 0 saturated carbocycles. The van der Waals surface area contributed by atoms with Gasteiger partial charge in [0.1, 0.15) is 5.75 Å². The predicted octanol–water partition coefficient (Wildman–Crippen LogP) is 2.62. The standard InChI is InChI=1S/C14H18N2O2/c1-11-7-14(18-15-11)10-16(2)9-12-5-4-6-13(8-12)17-3/h4-8H,9-10H2,1-3H3. The van der Waals surface area contributed by atoms with Crippen LogP contribution in [0.4, 0.5) is 0 Å². The lowest BCUT2D eigenvalue weighted by Crippen LogP contribution is -2.16. The average Bonchev–Trinajstić information content (AvgIpc) is 2.74.